The second-order valence-electron chi connectivity index (χ2n) is 2.86. The lowest BCUT2D eigenvalue weighted by atomic mass is 10.2. The third kappa shape index (κ3) is 1.59. The molecule has 0 amide bonds. The van der Waals surface area contributed by atoms with Crippen LogP contribution in [0.2, 0.25) is 0 Å². The highest BCUT2D eigenvalue weighted by Crippen LogP contribution is 2.26. The normalized spacial score (nSPS) is 13.5. The summed E-state index contributed by atoms with van der Waals surface area (Å²) in [6.45, 7) is 3.93. The fourth-order valence-electron chi connectivity index (χ4n) is 1.27. The van der Waals surface area contributed by atoms with E-state index in [1.54, 1.807) is 17.6 Å². The Morgan fingerprint density at radius 1 is 1.46 bits per heavy atom. The Morgan fingerprint density at radius 2 is 2.23 bits per heavy atom. The second kappa shape index (κ2) is 3.33. The Hall–Kier alpha value is -0.510. The first-order valence-corrected chi connectivity index (χ1v) is 6.29. The van der Waals surface area contributed by atoms with E-state index in [9.17, 15) is 4.55 Å². The fourth-order valence-corrected chi connectivity index (χ4v) is 2.60. The van der Waals surface area contributed by atoms with Crippen molar-refractivity contribution in [3.63, 3.8) is 0 Å². The van der Waals surface area contributed by atoms with Gasteiger partial charge in [0.05, 0.1) is 0 Å². The molecule has 1 atom stereocenters. The third-order valence-electron chi connectivity index (χ3n) is 1.98. The SMILES string of the molecule is [CH2]c1scc2cc([S+](C)[O-])ccc12. The van der Waals surface area contributed by atoms with E-state index in [2.05, 4.69) is 6.92 Å². The van der Waals surface area contributed by atoms with Crippen molar-refractivity contribution in [2.24, 2.45) is 0 Å². The minimum atomic E-state index is -0.891. The molecule has 0 saturated carbocycles. The third-order valence-corrected chi connectivity index (χ3v) is 3.78. The van der Waals surface area contributed by atoms with Crippen molar-refractivity contribution in [2.45, 2.75) is 4.90 Å². The largest absolute Gasteiger partial charge is 0.612 e. The molecule has 0 saturated heterocycles. The van der Waals surface area contributed by atoms with Gasteiger partial charge in [-0.05, 0) is 46.4 Å². The van der Waals surface area contributed by atoms with Gasteiger partial charge in [0.1, 0.15) is 6.26 Å². The topological polar surface area (TPSA) is 23.1 Å². The molecule has 0 spiro atoms. The van der Waals surface area contributed by atoms with Gasteiger partial charge in [0.15, 0.2) is 4.90 Å². The minimum Gasteiger partial charge on any atom is -0.612 e. The molecule has 0 aliphatic heterocycles. The number of hydrogen-bond donors (Lipinski definition) is 0. The maximum Gasteiger partial charge on any atom is 0.153 e. The summed E-state index contributed by atoms with van der Waals surface area (Å²) in [7, 11) is 0. The van der Waals surface area contributed by atoms with E-state index in [1.165, 1.54) is 5.39 Å². The summed E-state index contributed by atoms with van der Waals surface area (Å²) < 4.78 is 11.2. The van der Waals surface area contributed by atoms with E-state index in [0.29, 0.717) is 0 Å². The van der Waals surface area contributed by atoms with Crippen LogP contribution in [0.1, 0.15) is 4.88 Å². The van der Waals surface area contributed by atoms with Crippen LogP contribution in [0.5, 0.6) is 0 Å². The Labute approximate surface area is 84.6 Å². The van der Waals surface area contributed by atoms with Gasteiger partial charge in [-0.1, -0.05) is 0 Å². The van der Waals surface area contributed by atoms with Crippen LogP contribution in [0.15, 0.2) is 28.5 Å². The lowest BCUT2D eigenvalue weighted by Gasteiger charge is -2.03. The number of hydrogen-bond acceptors (Lipinski definition) is 2. The van der Waals surface area contributed by atoms with E-state index in [0.717, 1.165) is 15.2 Å². The van der Waals surface area contributed by atoms with Crippen molar-refractivity contribution >= 4 is 33.3 Å². The van der Waals surface area contributed by atoms with Crippen LogP contribution in [-0.4, -0.2) is 10.8 Å². The summed E-state index contributed by atoms with van der Waals surface area (Å²) in [6.07, 6.45) is 1.69. The van der Waals surface area contributed by atoms with Gasteiger partial charge in [-0.25, -0.2) is 0 Å². The zero-order valence-corrected chi connectivity index (χ0v) is 8.87. The van der Waals surface area contributed by atoms with E-state index in [1.807, 2.05) is 23.6 Å². The molecule has 1 heterocycles. The quantitative estimate of drug-likeness (QED) is 0.662. The van der Waals surface area contributed by atoms with Crippen LogP contribution in [0.25, 0.3) is 10.8 Å². The average molecular weight is 209 g/mol. The standard InChI is InChI=1S/C10H9OS2/c1-7-10-4-3-9(13(2)11)5-8(10)6-12-7/h3-6H,1H2,2H3. The van der Waals surface area contributed by atoms with Crippen molar-refractivity contribution in [1.29, 1.82) is 0 Å². The molecule has 0 N–H and O–H groups in total. The predicted octanol–water partition coefficient (Wildman–Crippen LogP) is 2.82. The molecule has 1 aromatic heterocycles. The van der Waals surface area contributed by atoms with E-state index >= 15 is 0 Å². The zero-order chi connectivity index (χ0) is 9.42. The molecule has 67 valence electrons. The molecule has 1 aromatic carbocycles. The van der Waals surface area contributed by atoms with Gasteiger partial charge < -0.3 is 4.55 Å². The Kier molecular flexibility index (Phi) is 2.32. The Balaban J connectivity index is 2.63. The van der Waals surface area contributed by atoms with E-state index in [-0.39, 0.29) is 0 Å². The molecule has 0 aliphatic carbocycles. The van der Waals surface area contributed by atoms with Crippen LogP contribution in [0.3, 0.4) is 0 Å². The highest BCUT2D eigenvalue weighted by atomic mass is 32.2. The molecule has 1 unspecified atom stereocenters. The van der Waals surface area contributed by atoms with Gasteiger partial charge in [0.25, 0.3) is 0 Å². The van der Waals surface area contributed by atoms with Crippen LogP contribution >= 0.6 is 11.3 Å². The van der Waals surface area contributed by atoms with Gasteiger partial charge in [0.2, 0.25) is 0 Å². The molecule has 13 heavy (non-hydrogen) atoms. The highest BCUT2D eigenvalue weighted by molar-refractivity contribution is 7.90. The van der Waals surface area contributed by atoms with Crippen LogP contribution in [0, 0.1) is 6.92 Å². The van der Waals surface area contributed by atoms with Gasteiger partial charge in [-0.3, -0.25) is 0 Å². The number of fused-ring (bicyclic) bond motifs is 1. The molecule has 1 radical (unpaired) electrons. The first-order chi connectivity index (χ1) is 6.18. The van der Waals surface area contributed by atoms with E-state index in [4.69, 9.17) is 0 Å². The summed E-state index contributed by atoms with van der Waals surface area (Å²) in [5.74, 6) is 0. The average Bonchev–Trinajstić information content (AvgIpc) is 2.47. The molecule has 2 aromatic rings. The highest BCUT2D eigenvalue weighted by Gasteiger charge is 2.06. The van der Waals surface area contributed by atoms with Crippen molar-refractivity contribution in [2.75, 3.05) is 6.26 Å². The Bertz CT molecular complexity index is 431. The fraction of sp³-hybridized carbons (Fsp3) is 0.100. The van der Waals surface area contributed by atoms with E-state index < -0.39 is 11.2 Å². The van der Waals surface area contributed by atoms with Gasteiger partial charge in [-0.2, -0.15) is 0 Å². The van der Waals surface area contributed by atoms with Crippen molar-refractivity contribution < 1.29 is 4.55 Å². The maximum absolute atomic E-state index is 11.2. The number of thiophene rings is 1. The van der Waals surface area contributed by atoms with Gasteiger partial charge in [-0.15, -0.1) is 11.3 Å². The summed E-state index contributed by atoms with van der Waals surface area (Å²) >= 11 is 0.737. The molecular weight excluding hydrogens is 200 g/mol. The first kappa shape index (κ1) is 9.06. The lowest BCUT2D eigenvalue weighted by molar-refractivity contribution is 0.601. The number of benzene rings is 1. The first-order valence-electron chi connectivity index (χ1n) is 3.85. The maximum atomic E-state index is 11.2. The van der Waals surface area contributed by atoms with Gasteiger partial charge in [0, 0.05) is 10.9 Å². The summed E-state index contributed by atoms with van der Waals surface area (Å²) in [5, 5.41) is 4.36. The Morgan fingerprint density at radius 3 is 2.92 bits per heavy atom. The predicted molar refractivity (Wildman–Crippen MR) is 58.6 cm³/mol. The molecule has 0 bridgehead atoms. The molecule has 0 aliphatic rings. The summed E-state index contributed by atoms with van der Waals surface area (Å²) in [6, 6.07) is 5.86. The second-order valence-corrected chi connectivity index (χ2v) is 5.21. The lowest BCUT2D eigenvalue weighted by Crippen LogP contribution is -1.95. The van der Waals surface area contributed by atoms with Crippen molar-refractivity contribution in [3.05, 3.63) is 35.4 Å². The summed E-state index contributed by atoms with van der Waals surface area (Å²) in [5.41, 5.74) is 0. The zero-order valence-electron chi connectivity index (χ0n) is 7.24. The van der Waals surface area contributed by atoms with Crippen LogP contribution in [0.4, 0.5) is 0 Å². The monoisotopic (exact) mass is 209 g/mol. The smallest absolute Gasteiger partial charge is 0.153 e. The number of rotatable bonds is 1. The van der Waals surface area contributed by atoms with Crippen LogP contribution < -0.4 is 0 Å². The molecule has 1 nitrogen and oxygen atoms in total. The molecular formula is C10H9OS2. The summed E-state index contributed by atoms with van der Waals surface area (Å²) in [4.78, 5) is 1.95. The molecule has 2 rings (SSSR count). The molecule has 0 fully saturated rings. The molecule has 3 heteroatoms. The van der Waals surface area contributed by atoms with Crippen molar-refractivity contribution in [3.8, 4) is 0 Å². The minimum absolute atomic E-state index is 0.880. The van der Waals surface area contributed by atoms with Crippen LogP contribution in [-0.2, 0) is 11.2 Å². The van der Waals surface area contributed by atoms with Crippen molar-refractivity contribution in [1.82, 2.24) is 0 Å². The van der Waals surface area contributed by atoms with Gasteiger partial charge >= 0.3 is 0 Å².